The fraction of sp³-hybridized carbons (Fsp3) is 0.455. The standard InChI is InChI=1S/C7H7ClO2.C4H10O3/c1-10-7-4-5(9)2-3-6(7)8;1-5-3-7-4-6-2/h2-4,9H,1H3;3-4H2,1-2H3. The highest BCUT2D eigenvalue weighted by Gasteiger charge is 1.98. The van der Waals surface area contributed by atoms with Crippen molar-refractivity contribution >= 4 is 11.6 Å². The van der Waals surface area contributed by atoms with Crippen molar-refractivity contribution in [2.24, 2.45) is 0 Å². The van der Waals surface area contributed by atoms with Crippen molar-refractivity contribution in [1.82, 2.24) is 0 Å². The van der Waals surface area contributed by atoms with Gasteiger partial charge in [-0.05, 0) is 12.1 Å². The summed E-state index contributed by atoms with van der Waals surface area (Å²) in [6, 6.07) is 4.54. The summed E-state index contributed by atoms with van der Waals surface area (Å²) in [6.07, 6.45) is 0. The molecule has 1 aromatic carbocycles. The van der Waals surface area contributed by atoms with E-state index in [1.165, 1.54) is 19.2 Å². The molecule has 0 aromatic heterocycles. The molecule has 1 rings (SSSR count). The lowest BCUT2D eigenvalue weighted by molar-refractivity contribution is -0.107. The Morgan fingerprint density at radius 3 is 2.12 bits per heavy atom. The lowest BCUT2D eigenvalue weighted by Crippen LogP contribution is -1.98. The van der Waals surface area contributed by atoms with Gasteiger partial charge in [-0.1, -0.05) is 11.6 Å². The van der Waals surface area contributed by atoms with Gasteiger partial charge in [-0.25, -0.2) is 0 Å². The molecule has 1 N–H and O–H groups in total. The molecule has 0 aliphatic carbocycles. The third-order valence-electron chi connectivity index (χ3n) is 1.54. The SMILES string of the molecule is COCOCOC.COc1cc(O)ccc1Cl. The number of ether oxygens (including phenoxy) is 4. The predicted octanol–water partition coefficient (Wildman–Crippen LogP) is 2.27. The summed E-state index contributed by atoms with van der Waals surface area (Å²) in [7, 11) is 4.63. The third-order valence-corrected chi connectivity index (χ3v) is 1.85. The second kappa shape index (κ2) is 10.2. The molecule has 0 atom stereocenters. The fourth-order valence-electron chi connectivity index (χ4n) is 0.849. The quantitative estimate of drug-likeness (QED) is 0.653. The van der Waals surface area contributed by atoms with E-state index in [4.69, 9.17) is 21.4 Å². The highest BCUT2D eigenvalue weighted by molar-refractivity contribution is 6.32. The second-order valence-corrected chi connectivity index (χ2v) is 3.24. The molecule has 98 valence electrons. The van der Waals surface area contributed by atoms with E-state index in [-0.39, 0.29) is 5.75 Å². The van der Waals surface area contributed by atoms with Crippen molar-refractivity contribution in [3.63, 3.8) is 0 Å². The second-order valence-electron chi connectivity index (χ2n) is 2.84. The molecule has 0 amide bonds. The Balaban J connectivity index is 0.000000325. The molecule has 0 saturated heterocycles. The molecule has 0 heterocycles. The van der Waals surface area contributed by atoms with Gasteiger partial charge >= 0.3 is 0 Å². The van der Waals surface area contributed by atoms with Crippen LogP contribution in [-0.4, -0.2) is 40.0 Å². The molecule has 5 nitrogen and oxygen atoms in total. The number of hydrogen-bond donors (Lipinski definition) is 1. The number of aromatic hydroxyl groups is 1. The first-order valence-corrected chi connectivity index (χ1v) is 5.11. The van der Waals surface area contributed by atoms with E-state index in [1.807, 2.05) is 0 Å². The van der Waals surface area contributed by atoms with Gasteiger partial charge in [0, 0.05) is 20.3 Å². The Kier molecular flexibility index (Phi) is 9.56. The molecule has 0 fully saturated rings. The minimum atomic E-state index is 0.154. The molecule has 0 radical (unpaired) electrons. The molecule has 0 spiro atoms. The molecule has 0 unspecified atom stereocenters. The van der Waals surface area contributed by atoms with Gasteiger partial charge in [0.25, 0.3) is 0 Å². The minimum absolute atomic E-state index is 0.154. The number of benzene rings is 1. The molecule has 0 bridgehead atoms. The normalized spacial score (nSPS) is 9.41. The topological polar surface area (TPSA) is 57.2 Å². The van der Waals surface area contributed by atoms with E-state index < -0.39 is 0 Å². The minimum Gasteiger partial charge on any atom is -0.508 e. The van der Waals surface area contributed by atoms with Crippen LogP contribution in [-0.2, 0) is 14.2 Å². The van der Waals surface area contributed by atoms with Crippen LogP contribution in [0.4, 0.5) is 0 Å². The molecule has 1 aromatic rings. The zero-order valence-electron chi connectivity index (χ0n) is 10.1. The maximum absolute atomic E-state index is 8.93. The number of hydrogen-bond acceptors (Lipinski definition) is 5. The van der Waals surface area contributed by atoms with Gasteiger partial charge in [0.2, 0.25) is 0 Å². The van der Waals surface area contributed by atoms with Gasteiger partial charge in [-0.3, -0.25) is 0 Å². The van der Waals surface area contributed by atoms with Crippen LogP contribution in [0.15, 0.2) is 18.2 Å². The van der Waals surface area contributed by atoms with Gasteiger partial charge in [0.1, 0.15) is 25.1 Å². The first kappa shape index (κ1) is 16.0. The summed E-state index contributed by atoms with van der Waals surface area (Å²) >= 11 is 5.66. The van der Waals surface area contributed by atoms with Crippen molar-refractivity contribution < 1.29 is 24.1 Å². The van der Waals surface area contributed by atoms with E-state index in [1.54, 1.807) is 20.3 Å². The van der Waals surface area contributed by atoms with Gasteiger partial charge in [-0.2, -0.15) is 0 Å². The van der Waals surface area contributed by atoms with Crippen molar-refractivity contribution in [2.45, 2.75) is 0 Å². The highest BCUT2D eigenvalue weighted by atomic mass is 35.5. The molecule has 0 aliphatic heterocycles. The van der Waals surface area contributed by atoms with Crippen LogP contribution in [0.1, 0.15) is 0 Å². The Labute approximate surface area is 106 Å². The summed E-state index contributed by atoms with van der Waals surface area (Å²) < 4.78 is 18.6. The molecule has 0 aliphatic rings. The van der Waals surface area contributed by atoms with Gasteiger partial charge in [-0.15, -0.1) is 0 Å². The largest absolute Gasteiger partial charge is 0.508 e. The number of halogens is 1. The van der Waals surface area contributed by atoms with Crippen molar-refractivity contribution in [2.75, 3.05) is 34.9 Å². The van der Waals surface area contributed by atoms with E-state index in [9.17, 15) is 0 Å². The Hall–Kier alpha value is -1.01. The van der Waals surface area contributed by atoms with Crippen LogP contribution in [0.5, 0.6) is 11.5 Å². The highest BCUT2D eigenvalue weighted by Crippen LogP contribution is 2.27. The molecular weight excluding hydrogens is 248 g/mol. The monoisotopic (exact) mass is 264 g/mol. The lowest BCUT2D eigenvalue weighted by atomic mass is 10.3. The number of phenols is 1. The van der Waals surface area contributed by atoms with Gasteiger partial charge < -0.3 is 24.1 Å². The van der Waals surface area contributed by atoms with E-state index in [2.05, 4.69) is 14.2 Å². The summed E-state index contributed by atoms with van der Waals surface area (Å²) in [5, 5.41) is 9.43. The average Bonchev–Trinajstić information content (AvgIpc) is 2.34. The smallest absolute Gasteiger partial charge is 0.149 e. The van der Waals surface area contributed by atoms with E-state index in [0.29, 0.717) is 24.4 Å². The maximum atomic E-state index is 8.93. The van der Waals surface area contributed by atoms with Crippen LogP contribution < -0.4 is 4.74 Å². The predicted molar refractivity (Wildman–Crippen MR) is 64.5 cm³/mol. The fourth-order valence-corrected chi connectivity index (χ4v) is 1.04. The zero-order valence-corrected chi connectivity index (χ0v) is 10.9. The lowest BCUT2D eigenvalue weighted by Gasteiger charge is -2.01. The van der Waals surface area contributed by atoms with Crippen molar-refractivity contribution in [3.05, 3.63) is 23.2 Å². The third kappa shape index (κ3) is 7.82. The van der Waals surface area contributed by atoms with E-state index >= 15 is 0 Å². The van der Waals surface area contributed by atoms with Crippen LogP contribution in [0.2, 0.25) is 5.02 Å². The van der Waals surface area contributed by atoms with Crippen LogP contribution in [0.25, 0.3) is 0 Å². The molecule has 17 heavy (non-hydrogen) atoms. The summed E-state index contributed by atoms with van der Waals surface area (Å²) in [4.78, 5) is 0. The van der Waals surface area contributed by atoms with Crippen molar-refractivity contribution in [1.29, 1.82) is 0 Å². The Morgan fingerprint density at radius 2 is 1.71 bits per heavy atom. The number of rotatable bonds is 5. The average molecular weight is 265 g/mol. The Bertz CT molecular complexity index is 302. The van der Waals surface area contributed by atoms with Crippen LogP contribution in [0, 0.1) is 0 Å². The van der Waals surface area contributed by atoms with Gasteiger partial charge in [0.05, 0.1) is 12.1 Å². The van der Waals surface area contributed by atoms with Crippen LogP contribution >= 0.6 is 11.6 Å². The molecular formula is C11H17ClO5. The Morgan fingerprint density at radius 1 is 1.12 bits per heavy atom. The summed E-state index contributed by atoms with van der Waals surface area (Å²) in [5.74, 6) is 0.642. The number of methoxy groups -OCH3 is 3. The van der Waals surface area contributed by atoms with Gasteiger partial charge in [0.15, 0.2) is 0 Å². The van der Waals surface area contributed by atoms with Crippen LogP contribution in [0.3, 0.4) is 0 Å². The zero-order chi connectivity index (χ0) is 13.1. The van der Waals surface area contributed by atoms with Crippen molar-refractivity contribution in [3.8, 4) is 11.5 Å². The molecule has 0 saturated carbocycles. The maximum Gasteiger partial charge on any atom is 0.149 e. The van der Waals surface area contributed by atoms with E-state index in [0.717, 1.165) is 0 Å². The first-order chi connectivity index (χ1) is 8.15. The first-order valence-electron chi connectivity index (χ1n) is 4.73. The summed E-state index contributed by atoms with van der Waals surface area (Å²) in [6.45, 7) is 0.599. The summed E-state index contributed by atoms with van der Waals surface area (Å²) in [5.41, 5.74) is 0. The number of phenolic OH excluding ortho intramolecular Hbond substituents is 1. The molecule has 6 heteroatoms.